The second-order valence-electron chi connectivity index (χ2n) is 6.42. The molecule has 0 spiro atoms. The third-order valence-corrected chi connectivity index (χ3v) is 5.25. The van der Waals surface area contributed by atoms with Crippen LogP contribution in [0.5, 0.6) is 23.0 Å². The van der Waals surface area contributed by atoms with Gasteiger partial charge < -0.3 is 18.9 Å². The molecule has 2 amide bonds. The van der Waals surface area contributed by atoms with Gasteiger partial charge in [-0.05, 0) is 71.1 Å². The van der Waals surface area contributed by atoms with Crippen LogP contribution in [-0.2, 0) is 0 Å². The molecule has 0 N–H and O–H groups in total. The molecule has 0 atom stereocenters. The van der Waals surface area contributed by atoms with Crippen LogP contribution >= 0.6 is 22.6 Å². The predicted octanol–water partition coefficient (Wildman–Crippen LogP) is 4.21. The van der Waals surface area contributed by atoms with Crippen LogP contribution in [0.25, 0.3) is 0 Å². The lowest BCUT2D eigenvalue weighted by molar-refractivity contribution is 0.0896. The Balaban J connectivity index is 2.09. The Morgan fingerprint density at radius 1 is 0.719 bits per heavy atom. The number of benzene rings is 2. The maximum absolute atomic E-state index is 13.5. The average molecular weight is 548 g/mol. The summed E-state index contributed by atoms with van der Waals surface area (Å²) in [7, 11) is 5.95. The van der Waals surface area contributed by atoms with E-state index in [1.165, 1.54) is 40.6 Å². The normalized spacial score (nSPS) is 10.3. The molecule has 9 heteroatoms. The summed E-state index contributed by atoms with van der Waals surface area (Å²) in [6.45, 7) is 0. The Bertz CT molecular complexity index is 1070. The minimum Gasteiger partial charge on any atom is -0.493 e. The van der Waals surface area contributed by atoms with Gasteiger partial charge in [0.05, 0.1) is 28.4 Å². The van der Waals surface area contributed by atoms with Gasteiger partial charge in [0.2, 0.25) is 0 Å². The smallest absolute Gasteiger partial charge is 0.266 e. The molecule has 3 aromatic rings. The summed E-state index contributed by atoms with van der Waals surface area (Å²) in [6, 6.07) is 12.7. The number of anilines is 1. The van der Waals surface area contributed by atoms with Gasteiger partial charge in [-0.25, -0.2) is 9.88 Å². The number of methoxy groups -OCH3 is 4. The Morgan fingerprint density at radius 2 is 1.19 bits per heavy atom. The van der Waals surface area contributed by atoms with Crippen molar-refractivity contribution in [1.29, 1.82) is 0 Å². The fourth-order valence-electron chi connectivity index (χ4n) is 3.00. The fourth-order valence-corrected chi connectivity index (χ4v) is 3.32. The molecular weight excluding hydrogens is 527 g/mol. The number of imide groups is 1. The summed E-state index contributed by atoms with van der Waals surface area (Å²) in [5, 5.41) is 0. The van der Waals surface area contributed by atoms with Crippen molar-refractivity contribution in [1.82, 2.24) is 4.98 Å². The van der Waals surface area contributed by atoms with Crippen molar-refractivity contribution < 1.29 is 28.5 Å². The highest BCUT2D eigenvalue weighted by molar-refractivity contribution is 14.1. The fraction of sp³-hybridized carbons (Fsp3) is 0.174. The standard InChI is InChI=1S/C23H21IN2O6/c1-29-17-8-5-14(11-19(17)31-3)22(27)26(21-10-7-16(24)13-25-21)23(28)15-6-9-18(30-2)20(12-15)32-4/h5-13H,1-4H3. The number of nitrogens with zero attached hydrogens (tertiary/aromatic N) is 2. The zero-order valence-electron chi connectivity index (χ0n) is 17.9. The highest BCUT2D eigenvalue weighted by Crippen LogP contribution is 2.31. The Kier molecular flexibility index (Phi) is 7.52. The van der Waals surface area contributed by atoms with Crippen molar-refractivity contribution in [3.05, 3.63) is 69.4 Å². The van der Waals surface area contributed by atoms with Crippen molar-refractivity contribution in [2.75, 3.05) is 33.3 Å². The third-order valence-electron chi connectivity index (χ3n) is 4.61. The van der Waals surface area contributed by atoms with Crippen LogP contribution in [0.3, 0.4) is 0 Å². The van der Waals surface area contributed by atoms with Gasteiger partial charge in [-0.3, -0.25) is 9.59 Å². The van der Waals surface area contributed by atoms with E-state index in [2.05, 4.69) is 27.6 Å². The summed E-state index contributed by atoms with van der Waals surface area (Å²) in [5.41, 5.74) is 0.466. The van der Waals surface area contributed by atoms with Crippen molar-refractivity contribution in [3.63, 3.8) is 0 Å². The first-order valence-corrected chi connectivity index (χ1v) is 10.5. The van der Waals surface area contributed by atoms with Gasteiger partial charge in [-0.1, -0.05) is 0 Å². The van der Waals surface area contributed by atoms with E-state index in [1.807, 2.05) is 0 Å². The van der Waals surface area contributed by atoms with Crippen LogP contribution in [0, 0.1) is 3.57 Å². The summed E-state index contributed by atoms with van der Waals surface area (Å²) < 4.78 is 21.9. The van der Waals surface area contributed by atoms with Gasteiger partial charge in [-0.2, -0.15) is 0 Å². The predicted molar refractivity (Wildman–Crippen MR) is 127 cm³/mol. The lowest BCUT2D eigenvalue weighted by Crippen LogP contribution is -2.37. The summed E-state index contributed by atoms with van der Waals surface area (Å²) >= 11 is 2.10. The quantitative estimate of drug-likeness (QED) is 0.323. The van der Waals surface area contributed by atoms with Crippen LogP contribution in [0.2, 0.25) is 0 Å². The molecule has 0 saturated heterocycles. The first-order valence-electron chi connectivity index (χ1n) is 9.37. The molecule has 1 heterocycles. The van der Waals surface area contributed by atoms with Crippen molar-refractivity contribution in [3.8, 4) is 23.0 Å². The molecule has 0 fully saturated rings. The van der Waals surface area contributed by atoms with Gasteiger partial charge in [0.15, 0.2) is 23.0 Å². The lowest BCUT2D eigenvalue weighted by Gasteiger charge is -2.21. The lowest BCUT2D eigenvalue weighted by atomic mass is 10.1. The van der Waals surface area contributed by atoms with E-state index < -0.39 is 11.8 Å². The molecule has 0 aliphatic heterocycles. The van der Waals surface area contributed by atoms with Crippen LogP contribution in [0.4, 0.5) is 5.82 Å². The van der Waals surface area contributed by atoms with Gasteiger partial charge in [-0.15, -0.1) is 0 Å². The topological polar surface area (TPSA) is 87.2 Å². The van der Waals surface area contributed by atoms with E-state index in [9.17, 15) is 9.59 Å². The second kappa shape index (κ2) is 10.3. The van der Waals surface area contributed by atoms with E-state index >= 15 is 0 Å². The van der Waals surface area contributed by atoms with Crippen LogP contribution < -0.4 is 23.8 Å². The molecule has 0 aliphatic rings. The number of rotatable bonds is 7. The summed E-state index contributed by atoms with van der Waals surface area (Å²) in [4.78, 5) is 32.3. The van der Waals surface area contributed by atoms with Gasteiger partial charge in [0, 0.05) is 20.9 Å². The molecule has 2 aromatic carbocycles. The zero-order chi connectivity index (χ0) is 23.3. The van der Waals surface area contributed by atoms with Crippen LogP contribution in [-0.4, -0.2) is 45.2 Å². The summed E-state index contributed by atoms with van der Waals surface area (Å²) in [5.74, 6) is 0.715. The monoisotopic (exact) mass is 548 g/mol. The Labute approximate surface area is 199 Å². The van der Waals surface area contributed by atoms with E-state index in [-0.39, 0.29) is 16.9 Å². The number of pyridine rings is 1. The van der Waals surface area contributed by atoms with Crippen LogP contribution in [0.15, 0.2) is 54.7 Å². The molecule has 0 radical (unpaired) electrons. The SMILES string of the molecule is COc1ccc(C(=O)N(C(=O)c2ccc(OC)c(OC)c2)c2ccc(I)cn2)cc1OC. The van der Waals surface area contributed by atoms with Crippen LogP contribution in [0.1, 0.15) is 20.7 Å². The number of ether oxygens (including phenoxy) is 4. The number of carbonyl (C=O) groups is 2. The first kappa shape index (κ1) is 23.3. The number of carbonyl (C=O) groups excluding carboxylic acids is 2. The van der Waals surface area contributed by atoms with Crippen molar-refractivity contribution in [2.45, 2.75) is 0 Å². The molecule has 0 bridgehead atoms. The number of hydrogen-bond acceptors (Lipinski definition) is 7. The van der Waals surface area contributed by atoms with Gasteiger partial charge >= 0.3 is 0 Å². The largest absolute Gasteiger partial charge is 0.493 e. The zero-order valence-corrected chi connectivity index (χ0v) is 20.1. The minimum absolute atomic E-state index is 0.185. The van der Waals surface area contributed by atoms with E-state index in [0.29, 0.717) is 23.0 Å². The third kappa shape index (κ3) is 4.77. The number of aromatic nitrogens is 1. The highest BCUT2D eigenvalue weighted by atomic mass is 127. The second-order valence-corrected chi connectivity index (χ2v) is 7.67. The Hall–Kier alpha value is -3.34. The molecule has 0 unspecified atom stereocenters. The molecule has 8 nitrogen and oxygen atoms in total. The van der Waals surface area contributed by atoms with Gasteiger partial charge in [0.1, 0.15) is 5.82 Å². The molecule has 0 saturated carbocycles. The van der Waals surface area contributed by atoms with E-state index in [1.54, 1.807) is 42.6 Å². The maximum Gasteiger partial charge on any atom is 0.266 e. The molecule has 32 heavy (non-hydrogen) atoms. The molecule has 0 aliphatic carbocycles. The molecule has 166 valence electrons. The Morgan fingerprint density at radius 3 is 1.56 bits per heavy atom. The molecule has 1 aromatic heterocycles. The van der Waals surface area contributed by atoms with Gasteiger partial charge in [0.25, 0.3) is 11.8 Å². The van der Waals surface area contributed by atoms with E-state index in [0.717, 1.165) is 8.47 Å². The highest BCUT2D eigenvalue weighted by Gasteiger charge is 2.28. The maximum atomic E-state index is 13.5. The number of amides is 2. The minimum atomic E-state index is -0.570. The number of hydrogen-bond donors (Lipinski definition) is 0. The molecular formula is C23H21IN2O6. The van der Waals surface area contributed by atoms with Crippen molar-refractivity contribution >= 4 is 40.2 Å². The first-order chi connectivity index (χ1) is 15.4. The molecule has 3 rings (SSSR count). The van der Waals surface area contributed by atoms with E-state index in [4.69, 9.17) is 18.9 Å². The summed E-state index contributed by atoms with van der Waals surface area (Å²) in [6.07, 6.45) is 1.58. The average Bonchev–Trinajstić information content (AvgIpc) is 2.84. The number of halogens is 1. The van der Waals surface area contributed by atoms with Crippen molar-refractivity contribution in [2.24, 2.45) is 0 Å².